The van der Waals surface area contributed by atoms with E-state index in [4.69, 9.17) is 0 Å². The zero-order valence-electron chi connectivity index (χ0n) is 13.9. The Morgan fingerprint density at radius 3 is 2.54 bits per heavy atom. The number of anilines is 2. The van der Waals surface area contributed by atoms with Gasteiger partial charge >= 0.3 is 0 Å². The van der Waals surface area contributed by atoms with Crippen molar-refractivity contribution in [2.75, 3.05) is 23.3 Å². The molecule has 132 valence electrons. The van der Waals surface area contributed by atoms with E-state index < -0.39 is 0 Å². The number of aromatic nitrogens is 7. The summed E-state index contributed by atoms with van der Waals surface area (Å²) in [5.74, 6) is 1.71. The molecule has 0 atom stereocenters. The molecule has 0 aromatic carbocycles. The minimum absolute atomic E-state index is 0.0400. The molecular formula is C16H17N9O. The highest BCUT2D eigenvalue weighted by atomic mass is 16.2. The molecule has 4 heterocycles. The molecule has 1 N–H and O–H groups in total. The lowest BCUT2D eigenvalue weighted by Crippen LogP contribution is -2.38. The SMILES string of the molecule is O=C(Nc1ncccn1)C1CCN(c2cc(-n3cncn3)ncn2)CC1. The number of hydrogen-bond acceptors (Lipinski definition) is 8. The van der Waals surface area contributed by atoms with E-state index >= 15 is 0 Å². The van der Waals surface area contributed by atoms with Crippen LogP contribution < -0.4 is 10.2 Å². The van der Waals surface area contributed by atoms with Crippen LogP contribution in [-0.2, 0) is 4.79 Å². The Morgan fingerprint density at radius 1 is 1.04 bits per heavy atom. The largest absolute Gasteiger partial charge is 0.356 e. The van der Waals surface area contributed by atoms with Crippen LogP contribution in [0, 0.1) is 5.92 Å². The molecule has 1 amide bonds. The van der Waals surface area contributed by atoms with E-state index in [1.165, 1.54) is 12.7 Å². The Balaban J connectivity index is 1.38. The molecule has 0 bridgehead atoms. The van der Waals surface area contributed by atoms with E-state index in [1.54, 1.807) is 29.5 Å². The van der Waals surface area contributed by atoms with Gasteiger partial charge in [0.15, 0.2) is 5.82 Å². The van der Waals surface area contributed by atoms with Gasteiger partial charge in [-0.1, -0.05) is 0 Å². The monoisotopic (exact) mass is 351 g/mol. The molecule has 4 rings (SSSR count). The summed E-state index contributed by atoms with van der Waals surface area (Å²) in [6.45, 7) is 1.48. The van der Waals surface area contributed by atoms with Crippen LogP contribution in [0.3, 0.4) is 0 Å². The van der Waals surface area contributed by atoms with Crippen LogP contribution in [0.4, 0.5) is 11.8 Å². The van der Waals surface area contributed by atoms with E-state index in [0.29, 0.717) is 11.8 Å². The third-order valence-corrected chi connectivity index (χ3v) is 4.28. The van der Waals surface area contributed by atoms with Crippen molar-refractivity contribution in [3.8, 4) is 5.82 Å². The number of rotatable bonds is 4. The number of amides is 1. The summed E-state index contributed by atoms with van der Waals surface area (Å²) >= 11 is 0. The number of piperidine rings is 1. The fraction of sp³-hybridized carbons (Fsp3) is 0.312. The quantitative estimate of drug-likeness (QED) is 0.730. The molecule has 10 nitrogen and oxygen atoms in total. The molecule has 0 aliphatic carbocycles. The van der Waals surface area contributed by atoms with Crippen LogP contribution in [0.1, 0.15) is 12.8 Å². The molecule has 1 fully saturated rings. The smallest absolute Gasteiger partial charge is 0.229 e. The minimum atomic E-state index is -0.0633. The molecule has 3 aromatic rings. The van der Waals surface area contributed by atoms with Crippen LogP contribution >= 0.6 is 0 Å². The van der Waals surface area contributed by atoms with Crippen molar-refractivity contribution in [2.45, 2.75) is 12.8 Å². The molecule has 0 unspecified atom stereocenters. The molecule has 3 aromatic heterocycles. The number of hydrogen-bond donors (Lipinski definition) is 1. The van der Waals surface area contributed by atoms with Crippen LogP contribution in [0.25, 0.3) is 5.82 Å². The maximum absolute atomic E-state index is 12.4. The molecule has 10 heteroatoms. The number of carbonyl (C=O) groups is 1. The zero-order chi connectivity index (χ0) is 17.8. The van der Waals surface area contributed by atoms with E-state index in [9.17, 15) is 4.79 Å². The third kappa shape index (κ3) is 3.48. The van der Waals surface area contributed by atoms with Gasteiger partial charge in [-0.3, -0.25) is 10.1 Å². The van der Waals surface area contributed by atoms with Gasteiger partial charge in [0, 0.05) is 37.5 Å². The van der Waals surface area contributed by atoms with Crippen LogP contribution in [0.2, 0.25) is 0 Å². The van der Waals surface area contributed by atoms with Gasteiger partial charge < -0.3 is 4.90 Å². The van der Waals surface area contributed by atoms with Gasteiger partial charge in [0.1, 0.15) is 24.8 Å². The summed E-state index contributed by atoms with van der Waals surface area (Å²) in [4.78, 5) is 35.0. The second-order valence-electron chi connectivity index (χ2n) is 5.90. The summed E-state index contributed by atoms with van der Waals surface area (Å²) in [7, 11) is 0. The fourth-order valence-corrected chi connectivity index (χ4v) is 2.91. The Labute approximate surface area is 149 Å². The molecule has 0 radical (unpaired) electrons. The van der Waals surface area contributed by atoms with Crippen molar-refractivity contribution in [3.63, 3.8) is 0 Å². The predicted molar refractivity (Wildman–Crippen MR) is 92.5 cm³/mol. The normalized spacial score (nSPS) is 15.0. The summed E-state index contributed by atoms with van der Waals surface area (Å²) in [5.41, 5.74) is 0. The lowest BCUT2D eigenvalue weighted by Gasteiger charge is -2.32. The first-order valence-electron chi connectivity index (χ1n) is 8.29. The van der Waals surface area contributed by atoms with Crippen molar-refractivity contribution >= 4 is 17.7 Å². The lowest BCUT2D eigenvalue weighted by molar-refractivity contribution is -0.120. The number of nitrogens with zero attached hydrogens (tertiary/aromatic N) is 8. The average molecular weight is 351 g/mol. The summed E-state index contributed by atoms with van der Waals surface area (Å²) in [6.07, 6.45) is 9.25. The van der Waals surface area contributed by atoms with E-state index in [0.717, 1.165) is 31.7 Å². The molecule has 1 aliphatic rings. The van der Waals surface area contributed by atoms with Gasteiger partial charge in [0.05, 0.1) is 0 Å². The standard InChI is InChI=1S/C16H17N9O/c26-15(23-16-18-4-1-5-19-16)12-2-6-24(7-3-12)13-8-14(21-10-20-13)25-11-17-9-22-25/h1,4-5,8-12H,2-3,6-7H2,(H,18,19,23,26). The number of nitrogens with one attached hydrogen (secondary N) is 1. The Bertz CT molecular complexity index is 860. The second kappa shape index (κ2) is 7.21. The molecule has 1 saturated heterocycles. The third-order valence-electron chi connectivity index (χ3n) is 4.28. The first-order valence-corrected chi connectivity index (χ1v) is 8.29. The molecular weight excluding hydrogens is 334 g/mol. The Morgan fingerprint density at radius 2 is 1.81 bits per heavy atom. The lowest BCUT2D eigenvalue weighted by atomic mass is 9.96. The van der Waals surface area contributed by atoms with Crippen LogP contribution in [0.15, 0.2) is 43.5 Å². The maximum Gasteiger partial charge on any atom is 0.229 e. The topological polar surface area (TPSA) is 115 Å². The first-order chi connectivity index (χ1) is 12.8. The van der Waals surface area contributed by atoms with Crippen molar-refractivity contribution in [1.29, 1.82) is 0 Å². The second-order valence-corrected chi connectivity index (χ2v) is 5.90. The number of carbonyl (C=O) groups excluding carboxylic acids is 1. The van der Waals surface area contributed by atoms with Gasteiger partial charge in [-0.15, -0.1) is 0 Å². The summed E-state index contributed by atoms with van der Waals surface area (Å²) in [6, 6.07) is 3.58. The zero-order valence-corrected chi connectivity index (χ0v) is 13.9. The van der Waals surface area contributed by atoms with Crippen molar-refractivity contribution < 1.29 is 4.79 Å². The van der Waals surface area contributed by atoms with Gasteiger partial charge in [-0.25, -0.2) is 29.6 Å². The van der Waals surface area contributed by atoms with E-state index in [2.05, 4.69) is 40.2 Å². The molecule has 1 aliphatic heterocycles. The highest BCUT2D eigenvalue weighted by molar-refractivity contribution is 5.91. The van der Waals surface area contributed by atoms with Crippen LogP contribution in [-0.4, -0.2) is 53.7 Å². The average Bonchev–Trinajstić information content (AvgIpc) is 3.24. The Hall–Kier alpha value is -3.43. The van der Waals surface area contributed by atoms with Crippen molar-refractivity contribution in [1.82, 2.24) is 34.7 Å². The molecule has 26 heavy (non-hydrogen) atoms. The van der Waals surface area contributed by atoms with E-state index in [1.807, 2.05) is 6.07 Å². The van der Waals surface area contributed by atoms with Gasteiger partial charge in [0.2, 0.25) is 11.9 Å². The van der Waals surface area contributed by atoms with Gasteiger partial charge in [0.25, 0.3) is 0 Å². The van der Waals surface area contributed by atoms with Crippen molar-refractivity contribution in [2.24, 2.45) is 5.92 Å². The molecule has 0 spiro atoms. The minimum Gasteiger partial charge on any atom is -0.356 e. The van der Waals surface area contributed by atoms with Gasteiger partial charge in [-0.2, -0.15) is 5.10 Å². The predicted octanol–water partition coefficient (Wildman–Crippen LogP) is 0.702. The first kappa shape index (κ1) is 16.1. The highest BCUT2D eigenvalue weighted by Crippen LogP contribution is 2.23. The maximum atomic E-state index is 12.4. The fourth-order valence-electron chi connectivity index (χ4n) is 2.91. The van der Waals surface area contributed by atoms with Crippen LogP contribution in [0.5, 0.6) is 0 Å². The van der Waals surface area contributed by atoms with Crippen molar-refractivity contribution in [3.05, 3.63) is 43.5 Å². The summed E-state index contributed by atoms with van der Waals surface area (Å²) in [5, 5.41) is 6.85. The van der Waals surface area contributed by atoms with Gasteiger partial charge in [-0.05, 0) is 18.9 Å². The highest BCUT2D eigenvalue weighted by Gasteiger charge is 2.26. The van der Waals surface area contributed by atoms with E-state index in [-0.39, 0.29) is 11.8 Å². The molecule has 0 saturated carbocycles. The Kier molecular flexibility index (Phi) is 4.46. The summed E-state index contributed by atoms with van der Waals surface area (Å²) < 4.78 is 1.59.